The van der Waals surface area contributed by atoms with E-state index in [0.717, 1.165) is 5.56 Å². The molecule has 14 heavy (non-hydrogen) atoms. The Morgan fingerprint density at radius 2 is 2.29 bits per heavy atom. The number of aromatic nitrogens is 1. The quantitative estimate of drug-likeness (QED) is 0.677. The van der Waals surface area contributed by atoms with E-state index in [1.165, 1.54) is 7.11 Å². The summed E-state index contributed by atoms with van der Waals surface area (Å²) in [5, 5.41) is 0. The summed E-state index contributed by atoms with van der Waals surface area (Å²) in [5.74, 6) is 0.355. The summed E-state index contributed by atoms with van der Waals surface area (Å²) in [6.45, 7) is 0. The average Bonchev–Trinajstić information content (AvgIpc) is 2.26. The predicted octanol–water partition coefficient (Wildman–Crippen LogP) is 1.20. The first-order valence-electron chi connectivity index (χ1n) is 4.32. The van der Waals surface area contributed by atoms with Gasteiger partial charge in [0.1, 0.15) is 0 Å². The van der Waals surface area contributed by atoms with E-state index in [4.69, 9.17) is 4.74 Å². The molecule has 0 radical (unpaired) electrons. The molecule has 0 aliphatic rings. The summed E-state index contributed by atoms with van der Waals surface area (Å²) in [4.78, 5) is 14.8. The topological polar surface area (TPSA) is 48.4 Å². The molecule has 0 aliphatic heterocycles. The SMILES string of the molecule is COC(=O)CCc1ccnc(OC)c1. The zero-order valence-electron chi connectivity index (χ0n) is 8.32. The Labute approximate surface area is 82.9 Å². The fourth-order valence-corrected chi connectivity index (χ4v) is 1.07. The van der Waals surface area contributed by atoms with Crippen LogP contribution in [-0.4, -0.2) is 25.2 Å². The van der Waals surface area contributed by atoms with Gasteiger partial charge in [-0.25, -0.2) is 4.98 Å². The van der Waals surface area contributed by atoms with E-state index in [0.29, 0.717) is 18.7 Å². The molecule has 1 aromatic rings. The lowest BCUT2D eigenvalue weighted by Crippen LogP contribution is -2.02. The van der Waals surface area contributed by atoms with E-state index in [2.05, 4.69) is 9.72 Å². The molecule has 0 saturated carbocycles. The molecule has 0 aromatic carbocycles. The first-order chi connectivity index (χ1) is 6.76. The molecular weight excluding hydrogens is 182 g/mol. The van der Waals surface area contributed by atoms with Gasteiger partial charge in [-0.1, -0.05) is 0 Å². The molecule has 1 aromatic heterocycles. The maximum absolute atomic E-state index is 10.9. The van der Waals surface area contributed by atoms with Crippen molar-refractivity contribution in [1.29, 1.82) is 0 Å². The van der Waals surface area contributed by atoms with Crippen LogP contribution in [0.15, 0.2) is 18.3 Å². The maximum atomic E-state index is 10.9. The summed E-state index contributed by atoms with van der Waals surface area (Å²) in [7, 11) is 2.95. The maximum Gasteiger partial charge on any atom is 0.305 e. The summed E-state index contributed by atoms with van der Waals surface area (Å²) < 4.78 is 9.50. The highest BCUT2D eigenvalue weighted by molar-refractivity contribution is 5.69. The number of carbonyl (C=O) groups excluding carboxylic acids is 1. The number of rotatable bonds is 4. The van der Waals surface area contributed by atoms with Crippen molar-refractivity contribution in [3.8, 4) is 5.88 Å². The van der Waals surface area contributed by atoms with E-state index >= 15 is 0 Å². The second-order valence-electron chi connectivity index (χ2n) is 2.78. The van der Waals surface area contributed by atoms with Crippen LogP contribution >= 0.6 is 0 Å². The monoisotopic (exact) mass is 195 g/mol. The molecule has 0 spiro atoms. The summed E-state index contributed by atoms with van der Waals surface area (Å²) >= 11 is 0. The molecule has 1 rings (SSSR count). The second kappa shape index (κ2) is 5.21. The Hall–Kier alpha value is -1.58. The third kappa shape index (κ3) is 3.05. The smallest absolute Gasteiger partial charge is 0.305 e. The van der Waals surface area contributed by atoms with Crippen molar-refractivity contribution < 1.29 is 14.3 Å². The van der Waals surface area contributed by atoms with Gasteiger partial charge in [0.25, 0.3) is 0 Å². The van der Waals surface area contributed by atoms with Gasteiger partial charge in [0.05, 0.1) is 14.2 Å². The Morgan fingerprint density at radius 3 is 2.93 bits per heavy atom. The van der Waals surface area contributed by atoms with E-state index in [9.17, 15) is 4.79 Å². The van der Waals surface area contributed by atoms with Gasteiger partial charge in [0, 0.05) is 18.7 Å². The minimum Gasteiger partial charge on any atom is -0.481 e. The number of aryl methyl sites for hydroxylation is 1. The van der Waals surface area contributed by atoms with Crippen LogP contribution in [0.4, 0.5) is 0 Å². The Balaban J connectivity index is 2.54. The van der Waals surface area contributed by atoms with Crippen molar-refractivity contribution in [2.45, 2.75) is 12.8 Å². The van der Waals surface area contributed by atoms with Gasteiger partial charge in [-0.2, -0.15) is 0 Å². The summed E-state index contributed by atoms with van der Waals surface area (Å²) in [5.41, 5.74) is 1.02. The van der Waals surface area contributed by atoms with Crippen LogP contribution in [0, 0.1) is 0 Å². The van der Waals surface area contributed by atoms with Gasteiger partial charge in [0.2, 0.25) is 5.88 Å². The van der Waals surface area contributed by atoms with Crippen LogP contribution in [0.25, 0.3) is 0 Å². The van der Waals surface area contributed by atoms with E-state index in [-0.39, 0.29) is 5.97 Å². The lowest BCUT2D eigenvalue weighted by molar-refractivity contribution is -0.140. The van der Waals surface area contributed by atoms with Crippen LogP contribution in [0.3, 0.4) is 0 Å². The van der Waals surface area contributed by atoms with Gasteiger partial charge in [-0.3, -0.25) is 4.79 Å². The van der Waals surface area contributed by atoms with Gasteiger partial charge >= 0.3 is 5.97 Å². The molecule has 0 atom stereocenters. The minimum absolute atomic E-state index is 0.208. The first-order valence-corrected chi connectivity index (χ1v) is 4.32. The lowest BCUT2D eigenvalue weighted by atomic mass is 10.1. The molecule has 0 fully saturated rings. The zero-order chi connectivity index (χ0) is 10.4. The lowest BCUT2D eigenvalue weighted by Gasteiger charge is -2.02. The molecule has 0 amide bonds. The van der Waals surface area contributed by atoms with Crippen molar-refractivity contribution in [3.63, 3.8) is 0 Å². The van der Waals surface area contributed by atoms with Gasteiger partial charge < -0.3 is 9.47 Å². The highest BCUT2D eigenvalue weighted by Crippen LogP contribution is 2.10. The molecule has 4 nitrogen and oxygen atoms in total. The van der Waals surface area contributed by atoms with Crippen molar-refractivity contribution in [2.75, 3.05) is 14.2 Å². The van der Waals surface area contributed by atoms with Crippen molar-refractivity contribution in [1.82, 2.24) is 4.98 Å². The Morgan fingerprint density at radius 1 is 1.50 bits per heavy atom. The van der Waals surface area contributed by atoms with E-state index in [1.807, 2.05) is 12.1 Å². The third-order valence-electron chi connectivity index (χ3n) is 1.85. The van der Waals surface area contributed by atoms with Crippen molar-refractivity contribution in [2.24, 2.45) is 0 Å². The Kier molecular flexibility index (Phi) is 3.91. The molecule has 4 heteroatoms. The highest BCUT2D eigenvalue weighted by atomic mass is 16.5. The molecule has 1 heterocycles. The number of esters is 1. The van der Waals surface area contributed by atoms with Crippen LogP contribution in [0.2, 0.25) is 0 Å². The summed E-state index contributed by atoms with van der Waals surface area (Å²) in [6.07, 6.45) is 2.68. The van der Waals surface area contributed by atoms with Gasteiger partial charge in [-0.05, 0) is 18.1 Å². The number of hydrogen-bond donors (Lipinski definition) is 0. The second-order valence-corrected chi connectivity index (χ2v) is 2.78. The van der Waals surface area contributed by atoms with Crippen LogP contribution in [0.1, 0.15) is 12.0 Å². The van der Waals surface area contributed by atoms with Crippen molar-refractivity contribution >= 4 is 5.97 Å². The molecule has 0 saturated heterocycles. The van der Waals surface area contributed by atoms with Gasteiger partial charge in [-0.15, -0.1) is 0 Å². The van der Waals surface area contributed by atoms with E-state index in [1.54, 1.807) is 13.3 Å². The van der Waals surface area contributed by atoms with Crippen molar-refractivity contribution in [3.05, 3.63) is 23.9 Å². The zero-order valence-corrected chi connectivity index (χ0v) is 8.32. The van der Waals surface area contributed by atoms with E-state index < -0.39 is 0 Å². The number of hydrogen-bond acceptors (Lipinski definition) is 4. The minimum atomic E-state index is -0.208. The number of carbonyl (C=O) groups is 1. The fraction of sp³-hybridized carbons (Fsp3) is 0.400. The number of nitrogens with zero attached hydrogens (tertiary/aromatic N) is 1. The largest absolute Gasteiger partial charge is 0.481 e. The molecule has 0 N–H and O–H groups in total. The molecular formula is C10H13NO3. The third-order valence-corrected chi connectivity index (χ3v) is 1.85. The highest BCUT2D eigenvalue weighted by Gasteiger charge is 2.02. The number of ether oxygens (including phenoxy) is 2. The molecule has 76 valence electrons. The first kappa shape index (κ1) is 10.5. The Bertz CT molecular complexity index is 312. The fourth-order valence-electron chi connectivity index (χ4n) is 1.07. The average molecular weight is 195 g/mol. The summed E-state index contributed by atoms with van der Waals surface area (Å²) in [6, 6.07) is 3.66. The molecule has 0 bridgehead atoms. The predicted molar refractivity (Wildman–Crippen MR) is 51.1 cm³/mol. The van der Waals surface area contributed by atoms with Gasteiger partial charge in [0.15, 0.2) is 0 Å². The number of pyridine rings is 1. The van der Waals surface area contributed by atoms with Crippen LogP contribution in [0.5, 0.6) is 5.88 Å². The normalized spacial score (nSPS) is 9.57. The standard InChI is InChI=1S/C10H13NO3/c1-13-9-7-8(5-6-11-9)3-4-10(12)14-2/h5-7H,3-4H2,1-2H3. The molecule has 0 unspecified atom stereocenters. The molecule has 0 aliphatic carbocycles. The van der Waals surface area contributed by atoms with Crippen LogP contribution < -0.4 is 4.74 Å². The number of methoxy groups -OCH3 is 2. The van der Waals surface area contributed by atoms with Crippen LogP contribution in [-0.2, 0) is 16.0 Å².